The summed E-state index contributed by atoms with van der Waals surface area (Å²) >= 11 is 0. The third-order valence-electron chi connectivity index (χ3n) is 1.82. The first kappa shape index (κ1) is 10.3. The van der Waals surface area contributed by atoms with Crippen molar-refractivity contribution in [3.05, 3.63) is 0 Å². The zero-order valence-electron chi connectivity index (χ0n) is 7.91. The van der Waals surface area contributed by atoms with E-state index in [2.05, 4.69) is 16.3 Å². The highest BCUT2D eigenvalue weighted by Crippen LogP contribution is 2.06. The van der Waals surface area contributed by atoms with E-state index in [0.29, 0.717) is 18.6 Å². The molecule has 0 unspecified atom stereocenters. The van der Waals surface area contributed by atoms with E-state index in [9.17, 15) is 9.59 Å². The average molecular weight is 193 g/mol. The quantitative estimate of drug-likeness (QED) is 0.592. The lowest BCUT2D eigenvalue weighted by Crippen LogP contribution is -2.37. The highest BCUT2D eigenvalue weighted by atomic mass is 16.2. The summed E-state index contributed by atoms with van der Waals surface area (Å²) in [6, 6.07) is 0. The third-order valence-corrected chi connectivity index (χ3v) is 1.82. The Morgan fingerprint density at radius 2 is 2.43 bits per heavy atom. The van der Waals surface area contributed by atoms with Crippen molar-refractivity contribution in [2.45, 2.75) is 12.8 Å². The molecule has 2 amide bonds. The maximum Gasteiger partial charge on any atom is 0.268 e. The van der Waals surface area contributed by atoms with Gasteiger partial charge in [-0.1, -0.05) is 5.92 Å². The molecule has 0 atom stereocenters. The zero-order chi connectivity index (χ0) is 10.6. The molecule has 0 aromatic rings. The van der Waals surface area contributed by atoms with Gasteiger partial charge in [0.1, 0.15) is 5.71 Å². The van der Waals surface area contributed by atoms with E-state index in [1.165, 1.54) is 12.1 Å². The molecule has 0 aromatic carbocycles. The Bertz CT molecular complexity index is 327. The number of nitrogens with one attached hydrogen (secondary N) is 1. The molecule has 1 rings (SSSR count). The molecule has 74 valence electrons. The average Bonchev–Trinajstić information content (AvgIpc) is 2.18. The Labute approximate surface area is 82.2 Å². The predicted molar refractivity (Wildman–Crippen MR) is 51.3 cm³/mol. The third kappa shape index (κ3) is 2.33. The minimum Gasteiger partial charge on any atom is -0.340 e. The lowest BCUT2D eigenvalue weighted by molar-refractivity contribution is -0.130. The van der Waals surface area contributed by atoms with Gasteiger partial charge < -0.3 is 5.32 Å². The molecule has 0 aromatic heterocycles. The Kier molecular flexibility index (Phi) is 3.24. The summed E-state index contributed by atoms with van der Waals surface area (Å²) in [6.45, 7) is 0.176. The number of carbonyl (C=O) groups excluding carboxylic acids is 2. The van der Waals surface area contributed by atoms with Crippen LogP contribution in [-0.2, 0) is 9.59 Å². The van der Waals surface area contributed by atoms with Crippen molar-refractivity contribution >= 4 is 17.5 Å². The molecule has 5 nitrogen and oxygen atoms in total. The predicted octanol–water partition coefficient (Wildman–Crippen LogP) is -0.656. The van der Waals surface area contributed by atoms with Crippen LogP contribution in [0.2, 0.25) is 0 Å². The molecule has 0 spiro atoms. The first-order valence-electron chi connectivity index (χ1n) is 4.21. The number of terminal acetylenes is 1. The fraction of sp³-hybridized carbons (Fsp3) is 0.444. The van der Waals surface area contributed by atoms with Crippen LogP contribution in [0.5, 0.6) is 0 Å². The lowest BCUT2D eigenvalue weighted by Gasteiger charge is -2.18. The number of amides is 2. The fourth-order valence-electron chi connectivity index (χ4n) is 1.07. The number of hydrogen-bond donors (Lipinski definition) is 1. The highest BCUT2D eigenvalue weighted by Gasteiger charge is 2.21. The first-order valence-corrected chi connectivity index (χ1v) is 4.21. The van der Waals surface area contributed by atoms with E-state index >= 15 is 0 Å². The van der Waals surface area contributed by atoms with Crippen LogP contribution < -0.4 is 5.32 Å². The molecule has 0 fully saturated rings. The van der Waals surface area contributed by atoms with E-state index in [1.807, 2.05) is 0 Å². The normalized spacial score (nSPS) is 15.9. The van der Waals surface area contributed by atoms with Crippen LogP contribution in [-0.4, -0.2) is 36.1 Å². The number of nitrogens with zero attached hydrogens (tertiary/aromatic N) is 2. The van der Waals surface area contributed by atoms with Crippen molar-refractivity contribution < 1.29 is 9.59 Å². The van der Waals surface area contributed by atoms with E-state index in [4.69, 9.17) is 6.42 Å². The largest absolute Gasteiger partial charge is 0.340 e. The molecule has 0 bridgehead atoms. The standard InChI is InChI=1S/C9H11N3O2/c1-3-6-10-9(14)7-4-5-8(13)12(2)11-7/h1H,4-6H2,2H3,(H,10,14). The van der Waals surface area contributed by atoms with Crippen LogP contribution >= 0.6 is 0 Å². The summed E-state index contributed by atoms with van der Waals surface area (Å²) < 4.78 is 0. The fourth-order valence-corrected chi connectivity index (χ4v) is 1.07. The Morgan fingerprint density at radius 3 is 3.00 bits per heavy atom. The minimum atomic E-state index is -0.303. The zero-order valence-corrected chi connectivity index (χ0v) is 7.91. The molecule has 1 heterocycles. The van der Waals surface area contributed by atoms with E-state index in [-0.39, 0.29) is 18.4 Å². The summed E-state index contributed by atoms with van der Waals surface area (Å²) in [5.74, 6) is 1.90. The van der Waals surface area contributed by atoms with Crippen LogP contribution in [0.1, 0.15) is 12.8 Å². The molecule has 0 radical (unpaired) electrons. The molecule has 0 saturated carbocycles. The van der Waals surface area contributed by atoms with Crippen molar-refractivity contribution in [1.29, 1.82) is 0 Å². The van der Waals surface area contributed by atoms with Gasteiger partial charge in [0.15, 0.2) is 0 Å². The van der Waals surface area contributed by atoms with Gasteiger partial charge in [0.2, 0.25) is 5.91 Å². The SMILES string of the molecule is C#CCNC(=O)C1=NN(C)C(=O)CC1. The summed E-state index contributed by atoms with van der Waals surface area (Å²) in [4.78, 5) is 22.4. The Balaban J connectivity index is 2.61. The minimum absolute atomic E-state index is 0.0847. The Hall–Kier alpha value is -1.83. The Morgan fingerprint density at radius 1 is 1.71 bits per heavy atom. The molecule has 14 heavy (non-hydrogen) atoms. The summed E-state index contributed by atoms with van der Waals surface area (Å²) in [5.41, 5.74) is 0.349. The monoisotopic (exact) mass is 193 g/mol. The number of hydrazone groups is 1. The van der Waals surface area contributed by atoms with Crippen LogP contribution in [0.4, 0.5) is 0 Å². The second-order valence-electron chi connectivity index (χ2n) is 2.85. The molecule has 5 heteroatoms. The van der Waals surface area contributed by atoms with Gasteiger partial charge in [0.05, 0.1) is 6.54 Å². The molecule has 0 aliphatic carbocycles. The van der Waals surface area contributed by atoms with Crippen molar-refractivity contribution in [2.75, 3.05) is 13.6 Å². The van der Waals surface area contributed by atoms with E-state index < -0.39 is 0 Å². The smallest absolute Gasteiger partial charge is 0.268 e. The van der Waals surface area contributed by atoms with E-state index in [1.54, 1.807) is 0 Å². The number of hydrogen-bond acceptors (Lipinski definition) is 3. The van der Waals surface area contributed by atoms with Gasteiger partial charge in [-0.3, -0.25) is 9.59 Å². The molecule has 1 aliphatic heterocycles. The van der Waals surface area contributed by atoms with Gasteiger partial charge in [0.25, 0.3) is 5.91 Å². The number of rotatable bonds is 2. The van der Waals surface area contributed by atoms with Gasteiger partial charge in [-0.05, 0) is 0 Å². The van der Waals surface area contributed by atoms with Crippen molar-refractivity contribution in [2.24, 2.45) is 5.10 Å². The van der Waals surface area contributed by atoms with Crippen molar-refractivity contribution in [1.82, 2.24) is 10.3 Å². The first-order chi connectivity index (χ1) is 6.65. The van der Waals surface area contributed by atoms with E-state index in [0.717, 1.165) is 0 Å². The van der Waals surface area contributed by atoms with Crippen molar-refractivity contribution in [3.8, 4) is 12.3 Å². The van der Waals surface area contributed by atoms with Crippen LogP contribution in [0.3, 0.4) is 0 Å². The summed E-state index contributed by atoms with van der Waals surface area (Å²) in [5, 5.41) is 7.50. The highest BCUT2D eigenvalue weighted by molar-refractivity contribution is 6.39. The van der Waals surface area contributed by atoms with Crippen LogP contribution in [0, 0.1) is 12.3 Å². The number of carbonyl (C=O) groups is 2. The second-order valence-corrected chi connectivity index (χ2v) is 2.85. The maximum atomic E-state index is 11.3. The molecule has 1 N–H and O–H groups in total. The van der Waals surface area contributed by atoms with Crippen LogP contribution in [0.15, 0.2) is 5.10 Å². The van der Waals surface area contributed by atoms with Gasteiger partial charge in [-0.15, -0.1) is 6.42 Å². The summed E-state index contributed by atoms with van der Waals surface area (Å²) in [6.07, 6.45) is 5.68. The molecule has 0 saturated heterocycles. The van der Waals surface area contributed by atoms with Gasteiger partial charge in [-0.2, -0.15) is 5.10 Å². The molecule has 1 aliphatic rings. The molecular weight excluding hydrogens is 182 g/mol. The summed E-state index contributed by atoms with van der Waals surface area (Å²) in [7, 11) is 1.52. The van der Waals surface area contributed by atoms with Crippen molar-refractivity contribution in [3.63, 3.8) is 0 Å². The topological polar surface area (TPSA) is 61.8 Å². The maximum absolute atomic E-state index is 11.3. The molecular formula is C9H11N3O2. The van der Waals surface area contributed by atoms with Crippen LogP contribution in [0.25, 0.3) is 0 Å². The second kappa shape index (κ2) is 4.42. The van der Waals surface area contributed by atoms with Gasteiger partial charge in [0, 0.05) is 19.9 Å². The van der Waals surface area contributed by atoms with Gasteiger partial charge >= 0.3 is 0 Å². The van der Waals surface area contributed by atoms with Gasteiger partial charge in [-0.25, -0.2) is 5.01 Å². The lowest BCUT2D eigenvalue weighted by atomic mass is 10.1.